The van der Waals surface area contributed by atoms with E-state index in [1.807, 2.05) is 0 Å². The molecule has 1 atom stereocenters. The van der Waals surface area contributed by atoms with Gasteiger partial charge in [0.2, 0.25) is 0 Å². The third-order valence-electron chi connectivity index (χ3n) is 5.72. The van der Waals surface area contributed by atoms with Gasteiger partial charge in [-0.3, -0.25) is 0 Å². The van der Waals surface area contributed by atoms with Crippen LogP contribution in [0.5, 0.6) is 0 Å². The van der Waals surface area contributed by atoms with E-state index in [-0.39, 0.29) is 0 Å². The average molecular weight is 317 g/mol. The number of halogens is 2. The van der Waals surface area contributed by atoms with E-state index in [0.29, 0.717) is 5.92 Å². The highest BCUT2D eigenvalue weighted by Gasteiger charge is 2.29. The van der Waals surface area contributed by atoms with Crippen molar-refractivity contribution >= 4 is 5.57 Å². The van der Waals surface area contributed by atoms with Crippen LogP contribution in [0, 0.1) is 29.4 Å². The Kier molecular flexibility index (Phi) is 5.50. The van der Waals surface area contributed by atoms with Gasteiger partial charge in [0, 0.05) is 0 Å². The molecule has 2 aliphatic carbocycles. The van der Waals surface area contributed by atoms with E-state index in [1.165, 1.54) is 62.7 Å². The minimum atomic E-state index is -0.762. The first-order chi connectivity index (χ1) is 11.2. The predicted octanol–water partition coefficient (Wildman–Crippen LogP) is 6.71. The Morgan fingerprint density at radius 2 is 1.78 bits per heavy atom. The van der Waals surface area contributed by atoms with Crippen molar-refractivity contribution in [2.45, 2.75) is 64.7 Å². The summed E-state index contributed by atoms with van der Waals surface area (Å²) in [5.74, 6) is 1.92. The van der Waals surface area contributed by atoms with Crippen molar-refractivity contribution in [3.05, 3.63) is 47.4 Å². The first-order valence-corrected chi connectivity index (χ1v) is 9.16. The zero-order chi connectivity index (χ0) is 16.2. The van der Waals surface area contributed by atoms with E-state index < -0.39 is 11.6 Å². The predicted molar refractivity (Wildman–Crippen MR) is 91.8 cm³/mol. The normalized spacial score (nSPS) is 23.8. The summed E-state index contributed by atoms with van der Waals surface area (Å²) in [7, 11) is 0. The van der Waals surface area contributed by atoms with Crippen LogP contribution >= 0.6 is 0 Å². The Morgan fingerprint density at radius 1 is 1.00 bits per heavy atom. The molecular formula is C21H27F2. The summed E-state index contributed by atoms with van der Waals surface area (Å²) >= 11 is 0. The molecule has 0 amide bonds. The van der Waals surface area contributed by atoms with Crippen molar-refractivity contribution < 1.29 is 8.78 Å². The number of hydrogen-bond donors (Lipinski definition) is 0. The zero-order valence-corrected chi connectivity index (χ0v) is 14.1. The molecule has 0 aromatic heterocycles. The highest BCUT2D eigenvalue weighted by molar-refractivity contribution is 5.66. The van der Waals surface area contributed by atoms with Crippen LogP contribution in [0.3, 0.4) is 0 Å². The molecule has 0 spiro atoms. The average Bonchev–Trinajstić information content (AvgIpc) is 2.59. The van der Waals surface area contributed by atoms with E-state index in [4.69, 9.17) is 0 Å². The first kappa shape index (κ1) is 16.7. The zero-order valence-electron chi connectivity index (χ0n) is 14.1. The summed E-state index contributed by atoms with van der Waals surface area (Å²) < 4.78 is 26.5. The van der Waals surface area contributed by atoms with Gasteiger partial charge in [0.1, 0.15) is 0 Å². The highest BCUT2D eigenvalue weighted by atomic mass is 19.2. The number of rotatable bonds is 4. The Hall–Kier alpha value is -1.18. The van der Waals surface area contributed by atoms with Gasteiger partial charge in [0.15, 0.2) is 11.6 Å². The van der Waals surface area contributed by atoms with Gasteiger partial charge in [0.25, 0.3) is 0 Å². The summed E-state index contributed by atoms with van der Waals surface area (Å²) in [4.78, 5) is 0. The standard InChI is InChI=1S/C21H27F2/c1-2-3-15-4-6-16(7-5-15)17-8-10-18(11-9-17)19-12-13-20(22)21(23)14-19/h10,12-15,17H,2-9,11H2,1H3. The molecule has 0 aliphatic heterocycles. The van der Waals surface area contributed by atoms with Crippen LogP contribution in [0.4, 0.5) is 8.78 Å². The van der Waals surface area contributed by atoms with Gasteiger partial charge in [-0.05, 0) is 86.0 Å². The molecule has 1 aromatic rings. The minimum Gasteiger partial charge on any atom is -0.204 e. The molecular weight excluding hydrogens is 290 g/mol. The fourth-order valence-corrected chi connectivity index (χ4v) is 4.32. The van der Waals surface area contributed by atoms with E-state index in [9.17, 15) is 8.78 Å². The summed E-state index contributed by atoms with van der Waals surface area (Å²) in [5, 5.41) is 0. The van der Waals surface area contributed by atoms with Crippen molar-refractivity contribution in [2.24, 2.45) is 11.8 Å². The molecule has 0 heterocycles. The lowest BCUT2D eigenvalue weighted by Gasteiger charge is -2.35. The molecule has 23 heavy (non-hydrogen) atoms. The highest BCUT2D eigenvalue weighted by Crippen LogP contribution is 2.43. The second-order valence-electron chi connectivity index (χ2n) is 7.22. The van der Waals surface area contributed by atoms with Gasteiger partial charge in [-0.15, -0.1) is 0 Å². The van der Waals surface area contributed by atoms with Gasteiger partial charge >= 0.3 is 0 Å². The number of hydrogen-bond acceptors (Lipinski definition) is 0. The third kappa shape index (κ3) is 4.02. The monoisotopic (exact) mass is 317 g/mol. The smallest absolute Gasteiger partial charge is 0.159 e. The topological polar surface area (TPSA) is 0 Å². The van der Waals surface area contributed by atoms with Gasteiger partial charge in [-0.25, -0.2) is 8.78 Å². The van der Waals surface area contributed by atoms with Crippen molar-refractivity contribution in [2.75, 3.05) is 0 Å². The quantitative estimate of drug-likeness (QED) is 0.578. The van der Waals surface area contributed by atoms with Gasteiger partial charge in [0.05, 0.1) is 0 Å². The molecule has 2 heteroatoms. The molecule has 1 saturated carbocycles. The lowest BCUT2D eigenvalue weighted by atomic mass is 9.70. The molecule has 1 unspecified atom stereocenters. The van der Waals surface area contributed by atoms with Crippen LogP contribution in [0.1, 0.15) is 70.3 Å². The second kappa shape index (κ2) is 7.59. The Bertz CT molecular complexity index is 553. The molecule has 1 aromatic carbocycles. The van der Waals surface area contributed by atoms with Gasteiger partial charge in [-0.2, -0.15) is 0 Å². The van der Waals surface area contributed by atoms with E-state index in [2.05, 4.69) is 13.0 Å². The first-order valence-electron chi connectivity index (χ1n) is 9.16. The fraction of sp³-hybridized carbons (Fsp3) is 0.571. The molecule has 0 saturated heterocycles. The maximum absolute atomic E-state index is 13.4. The van der Waals surface area contributed by atoms with E-state index in [1.54, 1.807) is 12.0 Å². The van der Waals surface area contributed by atoms with Crippen LogP contribution in [0.15, 0.2) is 24.3 Å². The fourth-order valence-electron chi connectivity index (χ4n) is 4.32. The van der Waals surface area contributed by atoms with Gasteiger partial charge in [-0.1, -0.05) is 31.9 Å². The number of benzene rings is 1. The van der Waals surface area contributed by atoms with Crippen LogP contribution in [0.2, 0.25) is 0 Å². The lowest BCUT2D eigenvalue weighted by Crippen LogP contribution is -2.21. The molecule has 2 aliphatic rings. The Morgan fingerprint density at radius 3 is 2.39 bits per heavy atom. The Balaban J connectivity index is 1.57. The van der Waals surface area contributed by atoms with Crippen LogP contribution in [-0.2, 0) is 0 Å². The maximum Gasteiger partial charge on any atom is 0.159 e. The van der Waals surface area contributed by atoms with Crippen LogP contribution in [0.25, 0.3) is 5.57 Å². The minimum absolute atomic E-state index is 0.714. The number of allylic oxidation sites excluding steroid dienone is 2. The van der Waals surface area contributed by atoms with E-state index >= 15 is 0 Å². The summed E-state index contributed by atoms with van der Waals surface area (Å²) in [6, 6.07) is 4.28. The lowest BCUT2D eigenvalue weighted by molar-refractivity contribution is 0.308. The maximum atomic E-state index is 13.4. The van der Waals surface area contributed by atoms with Crippen LogP contribution in [-0.4, -0.2) is 0 Å². The van der Waals surface area contributed by atoms with Crippen molar-refractivity contribution in [3.63, 3.8) is 0 Å². The second-order valence-corrected chi connectivity index (χ2v) is 7.22. The summed E-state index contributed by atoms with van der Waals surface area (Å²) in [5.41, 5.74) is 2.03. The van der Waals surface area contributed by atoms with Crippen LogP contribution < -0.4 is 0 Å². The third-order valence-corrected chi connectivity index (χ3v) is 5.72. The molecule has 1 fully saturated rings. The van der Waals surface area contributed by atoms with Crippen molar-refractivity contribution in [3.8, 4) is 0 Å². The van der Waals surface area contributed by atoms with Crippen molar-refractivity contribution in [1.82, 2.24) is 0 Å². The molecule has 0 bridgehead atoms. The molecule has 3 rings (SSSR count). The SMILES string of the molecule is CCCC1CC[C](C2CC=C(c3ccc(F)c(F)c3)CC2)CC1. The molecule has 125 valence electrons. The summed E-state index contributed by atoms with van der Waals surface area (Å²) in [6.07, 6.45) is 13.5. The van der Waals surface area contributed by atoms with E-state index in [0.717, 1.165) is 24.3 Å². The van der Waals surface area contributed by atoms with Gasteiger partial charge < -0.3 is 0 Å². The molecule has 1 radical (unpaired) electrons. The molecule has 0 nitrogen and oxygen atoms in total. The largest absolute Gasteiger partial charge is 0.204 e. The Labute approximate surface area is 139 Å². The molecule has 0 N–H and O–H groups in total. The summed E-state index contributed by atoms with van der Waals surface area (Å²) in [6.45, 7) is 2.28. The van der Waals surface area contributed by atoms with Crippen molar-refractivity contribution in [1.29, 1.82) is 0 Å².